The van der Waals surface area contributed by atoms with E-state index in [0.29, 0.717) is 6.42 Å². The predicted molar refractivity (Wildman–Crippen MR) is 161 cm³/mol. The number of cyclic esters (lactones) is 1. The van der Waals surface area contributed by atoms with E-state index in [2.05, 4.69) is 10.0 Å². The van der Waals surface area contributed by atoms with Gasteiger partial charge in [0.25, 0.3) is 0 Å². The Labute approximate surface area is 265 Å². The quantitative estimate of drug-likeness (QED) is 0.186. The van der Waals surface area contributed by atoms with E-state index in [1.165, 1.54) is 12.0 Å². The molecule has 3 rings (SSSR count). The number of carbonyl (C=O) groups excluding carboxylic acids is 3. The lowest BCUT2D eigenvalue weighted by atomic mass is 9.73. The number of Topliss-reactive ketones (excluding diaryl/α,β-unsaturated/α-hetero) is 1. The average molecular weight is 641 g/mol. The standard InChI is InChI=1S/C31H52N4O10/c1-11-21-31(9)25(35(14-33-34-32)29(40)45-31)18(5)22(36)16(3)13-30(8,41-10)26(19(6)24(38)20(7)27(39)43-21)44-28-23(37)15(2)12-17(4)42-28/h15-21,23-26,28,37-38H,11-14H2,1-10H3/t15?,16-,17?,18+,19+,20-,21-,23?,24+,25-,26-,28?,30+,31-/m1/s1. The van der Waals surface area contributed by atoms with Gasteiger partial charge in [0.2, 0.25) is 0 Å². The van der Waals surface area contributed by atoms with Crippen molar-refractivity contribution in [2.24, 2.45) is 34.7 Å². The van der Waals surface area contributed by atoms with Crippen LogP contribution in [-0.2, 0) is 33.3 Å². The van der Waals surface area contributed by atoms with Crippen LogP contribution >= 0.6 is 0 Å². The minimum Gasteiger partial charge on any atom is -0.458 e. The van der Waals surface area contributed by atoms with Crippen molar-refractivity contribution in [1.82, 2.24) is 4.90 Å². The highest BCUT2D eigenvalue weighted by Crippen LogP contribution is 2.43. The van der Waals surface area contributed by atoms with Gasteiger partial charge in [-0.15, -0.1) is 0 Å². The molecule has 3 saturated heterocycles. The number of carbonyl (C=O) groups is 3. The Balaban J connectivity index is 2.14. The van der Waals surface area contributed by atoms with E-state index in [1.807, 2.05) is 13.8 Å². The number of esters is 1. The molecule has 3 fully saturated rings. The van der Waals surface area contributed by atoms with Crippen molar-refractivity contribution in [1.29, 1.82) is 0 Å². The van der Waals surface area contributed by atoms with Crippen molar-refractivity contribution in [3.05, 3.63) is 10.4 Å². The average Bonchev–Trinajstić information content (AvgIpc) is 3.26. The lowest BCUT2D eigenvalue weighted by molar-refractivity contribution is -0.301. The number of nitrogens with zero attached hydrogens (tertiary/aromatic N) is 4. The highest BCUT2D eigenvalue weighted by atomic mass is 16.7. The number of hydrogen-bond donors (Lipinski definition) is 2. The van der Waals surface area contributed by atoms with Gasteiger partial charge in [-0.25, -0.2) is 4.79 Å². The number of fused-ring (bicyclic) bond motifs is 1. The second-order valence-corrected chi connectivity index (χ2v) is 13.7. The van der Waals surface area contributed by atoms with Gasteiger partial charge in [0, 0.05) is 29.8 Å². The molecule has 0 aromatic heterocycles. The van der Waals surface area contributed by atoms with Crippen LogP contribution in [0.4, 0.5) is 4.79 Å². The van der Waals surface area contributed by atoms with E-state index in [0.717, 1.165) is 0 Å². The summed E-state index contributed by atoms with van der Waals surface area (Å²) in [6, 6.07) is -0.945. The van der Waals surface area contributed by atoms with Crippen LogP contribution in [0.3, 0.4) is 0 Å². The van der Waals surface area contributed by atoms with Gasteiger partial charge >= 0.3 is 12.1 Å². The van der Waals surface area contributed by atoms with Gasteiger partial charge in [0.05, 0.1) is 35.9 Å². The summed E-state index contributed by atoms with van der Waals surface area (Å²) in [7, 11) is 1.48. The molecule has 2 N–H and O–H groups in total. The third-order valence-electron chi connectivity index (χ3n) is 10.3. The molecule has 0 bridgehead atoms. The molecule has 0 aliphatic carbocycles. The topological polar surface area (TPSA) is 190 Å². The zero-order chi connectivity index (χ0) is 34.0. The molecule has 0 aromatic carbocycles. The number of hydrogen-bond acceptors (Lipinski definition) is 11. The second kappa shape index (κ2) is 14.5. The summed E-state index contributed by atoms with van der Waals surface area (Å²) < 4.78 is 30.3. The third kappa shape index (κ3) is 7.26. The summed E-state index contributed by atoms with van der Waals surface area (Å²) in [6.07, 6.45) is -5.20. The Bertz CT molecular complexity index is 1140. The molecule has 1 amide bonds. The van der Waals surface area contributed by atoms with Crippen LogP contribution in [0.1, 0.15) is 81.6 Å². The lowest BCUT2D eigenvalue weighted by Gasteiger charge is -2.47. The lowest BCUT2D eigenvalue weighted by Crippen LogP contribution is -2.59. The maximum atomic E-state index is 14.2. The van der Waals surface area contributed by atoms with Crippen molar-refractivity contribution in [3.63, 3.8) is 0 Å². The van der Waals surface area contributed by atoms with E-state index in [-0.39, 0.29) is 37.3 Å². The van der Waals surface area contributed by atoms with E-state index in [9.17, 15) is 24.6 Å². The molecule has 4 unspecified atom stereocenters. The zero-order valence-electron chi connectivity index (χ0n) is 28.2. The molecule has 0 spiro atoms. The second-order valence-electron chi connectivity index (χ2n) is 13.7. The predicted octanol–water partition coefficient (Wildman–Crippen LogP) is 3.96. The van der Waals surface area contributed by atoms with Gasteiger partial charge in [-0.2, -0.15) is 0 Å². The number of aliphatic hydroxyl groups is 2. The minimum atomic E-state index is -1.47. The summed E-state index contributed by atoms with van der Waals surface area (Å²) in [5, 5.41) is 26.2. The van der Waals surface area contributed by atoms with Crippen molar-refractivity contribution in [2.45, 2.75) is 136 Å². The number of rotatable bonds is 6. The highest BCUT2D eigenvalue weighted by Gasteiger charge is 2.60. The van der Waals surface area contributed by atoms with Crippen LogP contribution in [0, 0.1) is 29.6 Å². The first-order valence-electron chi connectivity index (χ1n) is 15.9. The maximum absolute atomic E-state index is 14.2. The summed E-state index contributed by atoms with van der Waals surface area (Å²) in [6.45, 7) is 15.2. The Morgan fingerprint density at radius 2 is 1.71 bits per heavy atom. The van der Waals surface area contributed by atoms with Crippen molar-refractivity contribution in [3.8, 4) is 0 Å². The molecule has 256 valence electrons. The number of methoxy groups -OCH3 is 1. The first kappa shape index (κ1) is 37.0. The van der Waals surface area contributed by atoms with Crippen molar-refractivity contribution >= 4 is 17.8 Å². The SMILES string of the molecule is CC[C@H]1OC(=O)[C@H](C)[C@@H](O)[C@H](C)[C@@H](OC2OC(C)CC(C)C2O)[C@@](C)(OC)C[C@@H](C)C(=O)[C@H](C)[C@H]2N(CN=[N+]=[N-])C(=O)O[C@]12C. The number of ketones is 1. The number of ether oxygens (including phenoxy) is 5. The first-order chi connectivity index (χ1) is 21.0. The monoisotopic (exact) mass is 640 g/mol. The molecule has 0 radical (unpaired) electrons. The Hall–Kier alpha value is -2.48. The Morgan fingerprint density at radius 1 is 1.07 bits per heavy atom. The molecule has 45 heavy (non-hydrogen) atoms. The summed E-state index contributed by atoms with van der Waals surface area (Å²) in [5.41, 5.74) is 6.31. The Kier molecular flexibility index (Phi) is 11.9. The number of amides is 1. The summed E-state index contributed by atoms with van der Waals surface area (Å²) in [5.74, 6) is -4.37. The molecule has 3 aliphatic heterocycles. The fraction of sp³-hybridized carbons (Fsp3) is 0.903. The molecular weight excluding hydrogens is 588 g/mol. The van der Waals surface area contributed by atoms with E-state index >= 15 is 0 Å². The number of azide groups is 1. The summed E-state index contributed by atoms with van der Waals surface area (Å²) in [4.78, 5) is 45.0. The summed E-state index contributed by atoms with van der Waals surface area (Å²) >= 11 is 0. The highest BCUT2D eigenvalue weighted by molar-refractivity contribution is 5.85. The molecule has 14 heteroatoms. The van der Waals surface area contributed by atoms with Crippen LogP contribution in [0.5, 0.6) is 0 Å². The van der Waals surface area contributed by atoms with Crippen LogP contribution in [0.25, 0.3) is 10.4 Å². The fourth-order valence-electron chi connectivity index (χ4n) is 7.63. The maximum Gasteiger partial charge on any atom is 0.411 e. The van der Waals surface area contributed by atoms with Gasteiger partial charge in [0.1, 0.15) is 24.7 Å². The molecular formula is C31H52N4O10. The van der Waals surface area contributed by atoms with Crippen LogP contribution < -0.4 is 0 Å². The molecule has 0 aromatic rings. The molecule has 3 aliphatic rings. The first-order valence-corrected chi connectivity index (χ1v) is 15.9. The van der Waals surface area contributed by atoms with Crippen molar-refractivity contribution < 1.29 is 48.3 Å². The van der Waals surface area contributed by atoms with Gasteiger partial charge in [-0.3, -0.25) is 14.5 Å². The van der Waals surface area contributed by atoms with Gasteiger partial charge in [0.15, 0.2) is 11.9 Å². The molecule has 14 atom stereocenters. The molecule has 3 heterocycles. The minimum absolute atomic E-state index is 0.119. The van der Waals surface area contributed by atoms with Gasteiger partial charge < -0.3 is 33.9 Å². The van der Waals surface area contributed by atoms with E-state index < -0.39 is 83.7 Å². The smallest absolute Gasteiger partial charge is 0.411 e. The van der Waals surface area contributed by atoms with E-state index in [1.54, 1.807) is 48.5 Å². The largest absolute Gasteiger partial charge is 0.458 e. The number of aliphatic hydroxyl groups excluding tert-OH is 2. The fourth-order valence-corrected chi connectivity index (χ4v) is 7.63. The Morgan fingerprint density at radius 3 is 2.29 bits per heavy atom. The van der Waals surface area contributed by atoms with Crippen molar-refractivity contribution in [2.75, 3.05) is 13.8 Å². The molecule has 0 saturated carbocycles. The zero-order valence-corrected chi connectivity index (χ0v) is 28.2. The van der Waals surface area contributed by atoms with Crippen LogP contribution in [0.2, 0.25) is 0 Å². The van der Waals surface area contributed by atoms with Gasteiger partial charge in [-0.05, 0) is 58.4 Å². The third-order valence-corrected chi connectivity index (χ3v) is 10.3. The van der Waals surface area contributed by atoms with Gasteiger partial charge in [-0.1, -0.05) is 39.7 Å². The van der Waals surface area contributed by atoms with Crippen LogP contribution in [-0.4, -0.2) is 101 Å². The normalized spacial score (nSPS) is 45.2. The van der Waals surface area contributed by atoms with Crippen LogP contribution in [0.15, 0.2) is 5.11 Å². The van der Waals surface area contributed by atoms with E-state index in [4.69, 9.17) is 29.2 Å². The molecule has 14 nitrogen and oxygen atoms in total.